The number of benzene rings is 1. The maximum atomic E-state index is 12.9. The lowest BCUT2D eigenvalue weighted by molar-refractivity contribution is 0.0666. The quantitative estimate of drug-likeness (QED) is 0.912. The van der Waals surface area contributed by atoms with E-state index in [0.717, 1.165) is 31.6 Å². The Balaban J connectivity index is 2.31. The lowest BCUT2D eigenvalue weighted by atomic mass is 10.0. The van der Waals surface area contributed by atoms with E-state index in [1.807, 2.05) is 11.8 Å². The number of amides is 1. The molecule has 0 aromatic heterocycles. The Morgan fingerprint density at radius 3 is 2.71 bits per heavy atom. The zero-order chi connectivity index (χ0) is 15.6. The summed E-state index contributed by atoms with van der Waals surface area (Å²) in [6, 6.07) is 3.74. The molecule has 1 aliphatic rings. The van der Waals surface area contributed by atoms with Gasteiger partial charge in [-0.15, -0.1) is 0 Å². The van der Waals surface area contributed by atoms with Crippen LogP contribution in [0, 0.1) is 12.8 Å². The minimum absolute atomic E-state index is 0.0495. The topological polar surface area (TPSA) is 32.3 Å². The van der Waals surface area contributed by atoms with Crippen LogP contribution >= 0.6 is 23.2 Å². The largest absolute Gasteiger partial charge is 0.334 e. The van der Waals surface area contributed by atoms with Gasteiger partial charge in [-0.05, 0) is 43.5 Å². The second kappa shape index (κ2) is 6.99. The van der Waals surface area contributed by atoms with Gasteiger partial charge in [0.1, 0.15) is 0 Å². The Morgan fingerprint density at radius 2 is 2.14 bits per heavy atom. The van der Waals surface area contributed by atoms with E-state index in [2.05, 4.69) is 19.2 Å². The van der Waals surface area contributed by atoms with Crippen molar-refractivity contribution in [1.82, 2.24) is 10.2 Å². The van der Waals surface area contributed by atoms with E-state index in [1.54, 1.807) is 12.1 Å². The standard InChI is InChI=1S/C16H22Cl2N2O/c1-10(2)9-20(12-6-7-19-8-12)16(21)13-4-5-14(17)15(18)11(13)3/h4-5,10,12,19H,6-9H2,1-3H3. The average molecular weight is 329 g/mol. The van der Waals surface area contributed by atoms with Gasteiger partial charge >= 0.3 is 0 Å². The van der Waals surface area contributed by atoms with E-state index >= 15 is 0 Å². The van der Waals surface area contributed by atoms with Crippen LogP contribution in [-0.4, -0.2) is 36.5 Å². The highest BCUT2D eigenvalue weighted by Gasteiger charge is 2.29. The molecule has 1 atom stereocenters. The third-order valence-electron chi connectivity index (χ3n) is 3.87. The van der Waals surface area contributed by atoms with Crippen molar-refractivity contribution in [1.29, 1.82) is 0 Å². The van der Waals surface area contributed by atoms with Gasteiger partial charge in [-0.25, -0.2) is 0 Å². The first-order chi connectivity index (χ1) is 9.91. The summed E-state index contributed by atoms with van der Waals surface area (Å²) in [5.74, 6) is 0.478. The fourth-order valence-electron chi connectivity index (χ4n) is 2.74. The number of nitrogens with zero attached hydrogens (tertiary/aromatic N) is 1. The molecule has 0 saturated carbocycles. The highest BCUT2D eigenvalue weighted by molar-refractivity contribution is 6.42. The zero-order valence-electron chi connectivity index (χ0n) is 12.7. The van der Waals surface area contributed by atoms with E-state index < -0.39 is 0 Å². The normalized spacial score (nSPS) is 18.3. The van der Waals surface area contributed by atoms with E-state index in [9.17, 15) is 4.79 Å². The molecule has 1 fully saturated rings. The van der Waals surface area contributed by atoms with Gasteiger partial charge in [0.25, 0.3) is 5.91 Å². The van der Waals surface area contributed by atoms with Crippen LogP contribution in [0.15, 0.2) is 12.1 Å². The Kier molecular flexibility index (Phi) is 5.53. The van der Waals surface area contributed by atoms with Crippen molar-refractivity contribution in [2.45, 2.75) is 33.2 Å². The molecule has 21 heavy (non-hydrogen) atoms. The number of hydrogen-bond acceptors (Lipinski definition) is 2. The highest BCUT2D eigenvalue weighted by Crippen LogP contribution is 2.29. The number of rotatable bonds is 4. The molecule has 1 aliphatic heterocycles. The summed E-state index contributed by atoms with van der Waals surface area (Å²) >= 11 is 12.2. The SMILES string of the molecule is Cc1c(C(=O)N(CC(C)C)C2CCNC2)ccc(Cl)c1Cl. The summed E-state index contributed by atoms with van der Waals surface area (Å²) in [7, 11) is 0. The number of carbonyl (C=O) groups excluding carboxylic acids is 1. The minimum atomic E-state index is 0.0495. The predicted octanol–water partition coefficient (Wildman–Crippen LogP) is 3.76. The van der Waals surface area contributed by atoms with Gasteiger partial charge in [-0.1, -0.05) is 37.0 Å². The number of nitrogens with one attached hydrogen (secondary N) is 1. The van der Waals surface area contributed by atoms with Gasteiger partial charge in [0.05, 0.1) is 10.0 Å². The third kappa shape index (κ3) is 3.71. The van der Waals surface area contributed by atoms with Crippen LogP contribution in [0.2, 0.25) is 10.0 Å². The predicted molar refractivity (Wildman–Crippen MR) is 88.3 cm³/mol. The van der Waals surface area contributed by atoms with Crippen LogP contribution < -0.4 is 5.32 Å². The summed E-state index contributed by atoms with van der Waals surface area (Å²) in [5, 5.41) is 4.28. The molecule has 0 radical (unpaired) electrons. The van der Waals surface area contributed by atoms with Gasteiger partial charge in [0.2, 0.25) is 0 Å². The Labute approximate surface area is 136 Å². The van der Waals surface area contributed by atoms with Gasteiger partial charge < -0.3 is 10.2 Å². The maximum Gasteiger partial charge on any atom is 0.254 e. The van der Waals surface area contributed by atoms with E-state index in [4.69, 9.17) is 23.2 Å². The zero-order valence-corrected chi connectivity index (χ0v) is 14.3. The van der Waals surface area contributed by atoms with Gasteiger partial charge in [0.15, 0.2) is 0 Å². The van der Waals surface area contributed by atoms with Crippen LogP contribution in [0.3, 0.4) is 0 Å². The first kappa shape index (κ1) is 16.6. The molecule has 116 valence electrons. The van der Waals surface area contributed by atoms with Crippen LogP contribution in [0.4, 0.5) is 0 Å². The smallest absolute Gasteiger partial charge is 0.254 e. The van der Waals surface area contributed by atoms with Gasteiger partial charge in [-0.3, -0.25) is 4.79 Å². The molecule has 1 aromatic carbocycles. The molecule has 1 unspecified atom stereocenters. The molecule has 1 heterocycles. The maximum absolute atomic E-state index is 12.9. The van der Waals surface area contributed by atoms with Crippen LogP contribution in [0.1, 0.15) is 36.2 Å². The number of halogens is 2. The van der Waals surface area contributed by atoms with Gasteiger partial charge in [-0.2, -0.15) is 0 Å². The fourth-order valence-corrected chi connectivity index (χ4v) is 3.10. The van der Waals surface area contributed by atoms with Crippen molar-refractivity contribution >= 4 is 29.1 Å². The van der Waals surface area contributed by atoms with Crippen LogP contribution in [0.5, 0.6) is 0 Å². The molecular formula is C16H22Cl2N2O. The summed E-state index contributed by atoms with van der Waals surface area (Å²) in [6.45, 7) is 8.69. The van der Waals surface area contributed by atoms with Crippen molar-refractivity contribution in [3.63, 3.8) is 0 Å². The van der Waals surface area contributed by atoms with Crippen LogP contribution in [-0.2, 0) is 0 Å². The molecule has 2 rings (SSSR count). The first-order valence-electron chi connectivity index (χ1n) is 7.38. The third-order valence-corrected chi connectivity index (χ3v) is 4.77. The number of carbonyl (C=O) groups is 1. The molecule has 1 amide bonds. The molecule has 1 saturated heterocycles. The van der Waals surface area contributed by atoms with Gasteiger partial charge in [0, 0.05) is 24.7 Å². The molecule has 5 heteroatoms. The van der Waals surface area contributed by atoms with Crippen molar-refractivity contribution in [3.05, 3.63) is 33.3 Å². The molecule has 0 bridgehead atoms. The Bertz CT molecular complexity index is 525. The van der Waals surface area contributed by atoms with E-state index in [0.29, 0.717) is 21.5 Å². The first-order valence-corrected chi connectivity index (χ1v) is 8.13. The Morgan fingerprint density at radius 1 is 1.43 bits per heavy atom. The molecule has 3 nitrogen and oxygen atoms in total. The minimum Gasteiger partial charge on any atom is -0.334 e. The average Bonchev–Trinajstić information content (AvgIpc) is 2.95. The van der Waals surface area contributed by atoms with Crippen molar-refractivity contribution in [2.24, 2.45) is 5.92 Å². The van der Waals surface area contributed by atoms with E-state index in [1.165, 1.54) is 0 Å². The number of hydrogen-bond donors (Lipinski definition) is 1. The monoisotopic (exact) mass is 328 g/mol. The summed E-state index contributed by atoms with van der Waals surface area (Å²) < 4.78 is 0. The second-order valence-corrected chi connectivity index (χ2v) is 6.82. The van der Waals surface area contributed by atoms with Crippen molar-refractivity contribution in [3.8, 4) is 0 Å². The molecular weight excluding hydrogens is 307 g/mol. The second-order valence-electron chi connectivity index (χ2n) is 6.03. The lowest BCUT2D eigenvalue weighted by Gasteiger charge is -2.31. The molecule has 1 aromatic rings. The fraction of sp³-hybridized carbons (Fsp3) is 0.562. The molecule has 0 spiro atoms. The summed E-state index contributed by atoms with van der Waals surface area (Å²) in [5.41, 5.74) is 1.41. The lowest BCUT2D eigenvalue weighted by Crippen LogP contribution is -2.43. The molecule has 0 aliphatic carbocycles. The summed E-state index contributed by atoms with van der Waals surface area (Å²) in [4.78, 5) is 14.9. The molecule has 1 N–H and O–H groups in total. The highest BCUT2D eigenvalue weighted by atomic mass is 35.5. The van der Waals surface area contributed by atoms with E-state index in [-0.39, 0.29) is 11.9 Å². The Hall–Kier alpha value is -0.770. The van der Waals surface area contributed by atoms with Crippen LogP contribution in [0.25, 0.3) is 0 Å². The summed E-state index contributed by atoms with van der Waals surface area (Å²) in [6.07, 6.45) is 0.999. The van der Waals surface area contributed by atoms with Crippen molar-refractivity contribution in [2.75, 3.05) is 19.6 Å². The van der Waals surface area contributed by atoms with Crippen molar-refractivity contribution < 1.29 is 4.79 Å².